The molecule has 1 aromatic rings. The zero-order valence-electron chi connectivity index (χ0n) is 8.74. The average Bonchev–Trinajstić information content (AvgIpc) is 2.28. The number of amides is 1. The standard InChI is InChI=1S/C11H14ClNO2/c1-8(15-2)10(12)11(14)13-9-6-4-3-5-7-9/h3-8,10H,1-2H3,(H,13,14). The normalized spacial score (nSPS) is 14.3. The van der Waals surface area contributed by atoms with Gasteiger partial charge in [-0.05, 0) is 19.1 Å². The average molecular weight is 228 g/mol. The first-order valence-electron chi connectivity index (χ1n) is 4.68. The molecule has 1 aromatic carbocycles. The number of rotatable bonds is 4. The molecule has 0 bridgehead atoms. The lowest BCUT2D eigenvalue weighted by Crippen LogP contribution is -2.33. The van der Waals surface area contributed by atoms with Crippen molar-refractivity contribution in [1.29, 1.82) is 0 Å². The van der Waals surface area contributed by atoms with Crippen molar-refractivity contribution in [2.24, 2.45) is 0 Å². The second kappa shape index (κ2) is 5.73. The Balaban J connectivity index is 2.56. The van der Waals surface area contributed by atoms with E-state index in [1.807, 2.05) is 18.2 Å². The van der Waals surface area contributed by atoms with E-state index in [-0.39, 0.29) is 12.0 Å². The van der Waals surface area contributed by atoms with Gasteiger partial charge in [0, 0.05) is 12.8 Å². The highest BCUT2D eigenvalue weighted by molar-refractivity contribution is 6.33. The first-order valence-corrected chi connectivity index (χ1v) is 5.11. The lowest BCUT2D eigenvalue weighted by Gasteiger charge is -2.15. The lowest BCUT2D eigenvalue weighted by atomic mass is 10.2. The number of ether oxygens (including phenoxy) is 1. The van der Waals surface area contributed by atoms with Gasteiger partial charge in [-0.15, -0.1) is 11.6 Å². The molecular formula is C11H14ClNO2. The quantitative estimate of drug-likeness (QED) is 0.802. The van der Waals surface area contributed by atoms with Crippen LogP contribution in [-0.4, -0.2) is 24.5 Å². The number of anilines is 1. The summed E-state index contributed by atoms with van der Waals surface area (Å²) >= 11 is 5.89. The van der Waals surface area contributed by atoms with Crippen LogP contribution in [0.2, 0.25) is 0 Å². The molecule has 2 atom stereocenters. The Bertz CT molecular complexity index is 316. The monoisotopic (exact) mass is 227 g/mol. The van der Waals surface area contributed by atoms with E-state index >= 15 is 0 Å². The second-order valence-electron chi connectivity index (χ2n) is 3.20. The van der Waals surface area contributed by atoms with Crippen LogP contribution in [0.4, 0.5) is 5.69 Å². The van der Waals surface area contributed by atoms with Crippen LogP contribution in [0.3, 0.4) is 0 Å². The number of benzene rings is 1. The van der Waals surface area contributed by atoms with Gasteiger partial charge in [0.2, 0.25) is 5.91 Å². The van der Waals surface area contributed by atoms with E-state index in [1.165, 1.54) is 7.11 Å². The molecule has 0 saturated carbocycles. The van der Waals surface area contributed by atoms with E-state index in [9.17, 15) is 4.79 Å². The Morgan fingerprint density at radius 2 is 2.00 bits per heavy atom. The van der Waals surface area contributed by atoms with Crippen molar-refractivity contribution in [3.63, 3.8) is 0 Å². The van der Waals surface area contributed by atoms with Crippen molar-refractivity contribution in [2.45, 2.75) is 18.4 Å². The molecule has 0 radical (unpaired) electrons. The Morgan fingerprint density at radius 3 is 2.53 bits per heavy atom. The van der Waals surface area contributed by atoms with Crippen LogP contribution in [0.15, 0.2) is 30.3 Å². The molecule has 0 spiro atoms. The molecule has 82 valence electrons. The number of methoxy groups -OCH3 is 1. The third-order valence-corrected chi connectivity index (χ3v) is 2.63. The molecule has 4 heteroatoms. The molecule has 0 fully saturated rings. The van der Waals surface area contributed by atoms with Gasteiger partial charge >= 0.3 is 0 Å². The largest absolute Gasteiger partial charge is 0.380 e. The molecule has 0 aliphatic heterocycles. The van der Waals surface area contributed by atoms with Crippen molar-refractivity contribution in [1.82, 2.24) is 0 Å². The minimum absolute atomic E-state index is 0.253. The fourth-order valence-electron chi connectivity index (χ4n) is 1.07. The third-order valence-electron chi connectivity index (χ3n) is 2.08. The molecule has 0 aliphatic carbocycles. The molecular weight excluding hydrogens is 214 g/mol. The van der Waals surface area contributed by atoms with Gasteiger partial charge in [0.05, 0.1) is 6.10 Å². The van der Waals surface area contributed by atoms with Crippen molar-refractivity contribution in [3.05, 3.63) is 30.3 Å². The van der Waals surface area contributed by atoms with Crippen molar-refractivity contribution in [2.75, 3.05) is 12.4 Å². The molecule has 0 saturated heterocycles. The van der Waals surface area contributed by atoms with E-state index in [0.717, 1.165) is 5.69 Å². The van der Waals surface area contributed by atoms with Crippen LogP contribution in [0, 0.1) is 0 Å². The van der Waals surface area contributed by atoms with Crippen LogP contribution >= 0.6 is 11.6 Å². The maximum Gasteiger partial charge on any atom is 0.245 e. The van der Waals surface area contributed by atoms with Gasteiger partial charge in [-0.25, -0.2) is 0 Å². The zero-order chi connectivity index (χ0) is 11.3. The number of hydrogen-bond acceptors (Lipinski definition) is 2. The number of carbonyl (C=O) groups excluding carboxylic acids is 1. The topological polar surface area (TPSA) is 38.3 Å². The van der Waals surface area contributed by atoms with E-state index < -0.39 is 5.38 Å². The third kappa shape index (κ3) is 3.53. The van der Waals surface area contributed by atoms with Gasteiger partial charge in [-0.2, -0.15) is 0 Å². The molecule has 1 N–H and O–H groups in total. The maximum absolute atomic E-state index is 11.6. The molecule has 3 nitrogen and oxygen atoms in total. The molecule has 15 heavy (non-hydrogen) atoms. The lowest BCUT2D eigenvalue weighted by molar-refractivity contribution is -0.117. The van der Waals surface area contributed by atoms with E-state index in [1.54, 1.807) is 19.1 Å². The summed E-state index contributed by atoms with van der Waals surface area (Å²) in [7, 11) is 1.52. The highest BCUT2D eigenvalue weighted by Crippen LogP contribution is 2.11. The second-order valence-corrected chi connectivity index (χ2v) is 3.67. The van der Waals surface area contributed by atoms with Crippen LogP contribution < -0.4 is 5.32 Å². The van der Waals surface area contributed by atoms with E-state index in [2.05, 4.69) is 5.32 Å². The van der Waals surface area contributed by atoms with Gasteiger partial charge < -0.3 is 10.1 Å². The van der Waals surface area contributed by atoms with Crippen LogP contribution in [0.1, 0.15) is 6.92 Å². The highest BCUT2D eigenvalue weighted by atomic mass is 35.5. The van der Waals surface area contributed by atoms with E-state index in [4.69, 9.17) is 16.3 Å². The number of para-hydroxylation sites is 1. The molecule has 2 unspecified atom stereocenters. The summed E-state index contributed by atoms with van der Waals surface area (Å²) in [6.07, 6.45) is -0.310. The van der Waals surface area contributed by atoms with Gasteiger partial charge in [-0.1, -0.05) is 18.2 Å². The predicted molar refractivity (Wildman–Crippen MR) is 61.2 cm³/mol. The fourth-order valence-corrected chi connectivity index (χ4v) is 1.22. The summed E-state index contributed by atoms with van der Waals surface area (Å²) in [5.74, 6) is -0.253. The Labute approximate surface area is 94.4 Å². The minimum atomic E-state index is -0.685. The first kappa shape index (κ1) is 12.0. The zero-order valence-corrected chi connectivity index (χ0v) is 9.49. The Hall–Kier alpha value is -1.06. The van der Waals surface area contributed by atoms with Crippen molar-refractivity contribution in [3.8, 4) is 0 Å². The summed E-state index contributed by atoms with van der Waals surface area (Å²) in [6.45, 7) is 1.75. The summed E-state index contributed by atoms with van der Waals surface area (Å²) < 4.78 is 4.98. The Morgan fingerprint density at radius 1 is 1.40 bits per heavy atom. The predicted octanol–water partition coefficient (Wildman–Crippen LogP) is 2.27. The van der Waals surface area contributed by atoms with Crippen LogP contribution in [0.25, 0.3) is 0 Å². The minimum Gasteiger partial charge on any atom is -0.380 e. The van der Waals surface area contributed by atoms with Gasteiger partial charge in [-0.3, -0.25) is 4.79 Å². The number of nitrogens with one attached hydrogen (secondary N) is 1. The van der Waals surface area contributed by atoms with Gasteiger partial charge in [0.15, 0.2) is 0 Å². The molecule has 0 aromatic heterocycles. The van der Waals surface area contributed by atoms with E-state index in [0.29, 0.717) is 0 Å². The van der Waals surface area contributed by atoms with Crippen LogP contribution in [-0.2, 0) is 9.53 Å². The first-order chi connectivity index (χ1) is 7.15. The summed E-state index contributed by atoms with van der Waals surface area (Å²) in [4.78, 5) is 11.6. The van der Waals surface area contributed by atoms with Gasteiger partial charge in [0.1, 0.15) is 5.38 Å². The highest BCUT2D eigenvalue weighted by Gasteiger charge is 2.22. The number of carbonyl (C=O) groups is 1. The summed E-state index contributed by atoms with van der Waals surface area (Å²) in [5.41, 5.74) is 0.733. The molecule has 1 amide bonds. The van der Waals surface area contributed by atoms with Crippen molar-refractivity contribution >= 4 is 23.2 Å². The van der Waals surface area contributed by atoms with Crippen LogP contribution in [0.5, 0.6) is 0 Å². The SMILES string of the molecule is COC(C)C(Cl)C(=O)Nc1ccccc1. The summed E-state index contributed by atoms with van der Waals surface area (Å²) in [6, 6.07) is 9.18. The molecule has 0 heterocycles. The fraction of sp³-hybridized carbons (Fsp3) is 0.364. The number of hydrogen-bond donors (Lipinski definition) is 1. The van der Waals surface area contributed by atoms with Gasteiger partial charge in [0.25, 0.3) is 0 Å². The van der Waals surface area contributed by atoms with Crippen molar-refractivity contribution < 1.29 is 9.53 Å². The molecule has 1 rings (SSSR count). The maximum atomic E-state index is 11.6. The summed E-state index contributed by atoms with van der Waals surface area (Å²) in [5, 5.41) is 2.02. The number of alkyl halides is 1. The number of halogens is 1. The smallest absolute Gasteiger partial charge is 0.245 e. The molecule has 0 aliphatic rings. The Kier molecular flexibility index (Phi) is 4.59.